The molecule has 1 aromatic carbocycles. The van der Waals surface area contributed by atoms with Gasteiger partial charge in [0.1, 0.15) is 5.82 Å². The van der Waals surface area contributed by atoms with Crippen LogP contribution < -0.4 is 0 Å². The Labute approximate surface area is 115 Å². The quantitative estimate of drug-likeness (QED) is 0.770. The summed E-state index contributed by atoms with van der Waals surface area (Å²) < 4.78 is 39.8. The lowest BCUT2D eigenvalue weighted by molar-refractivity contribution is 0.324. The van der Waals surface area contributed by atoms with E-state index in [-0.39, 0.29) is 10.9 Å². The van der Waals surface area contributed by atoms with Gasteiger partial charge in [0, 0.05) is 12.6 Å². The highest BCUT2D eigenvalue weighted by molar-refractivity contribution is 7.89. The van der Waals surface area contributed by atoms with Crippen molar-refractivity contribution in [1.82, 2.24) is 4.31 Å². The summed E-state index contributed by atoms with van der Waals surface area (Å²) in [6, 6.07) is 5.12. The Morgan fingerprint density at radius 1 is 1.32 bits per heavy atom. The Kier molecular flexibility index (Phi) is 5.94. The maximum Gasteiger partial charge on any atom is 0.243 e. The highest BCUT2D eigenvalue weighted by atomic mass is 32.2. The molecule has 0 spiro atoms. The van der Waals surface area contributed by atoms with E-state index in [0.717, 1.165) is 25.3 Å². The third-order valence-electron chi connectivity index (χ3n) is 3.22. The Morgan fingerprint density at radius 2 is 2.00 bits per heavy atom. The van der Waals surface area contributed by atoms with Crippen molar-refractivity contribution in [2.24, 2.45) is 0 Å². The first kappa shape index (κ1) is 16.1. The zero-order valence-electron chi connectivity index (χ0n) is 11.8. The van der Waals surface area contributed by atoms with Crippen LogP contribution in [0.25, 0.3) is 0 Å². The SMILES string of the molecule is CCCCN(C(C)CC)S(=O)(=O)c1cccc(F)c1. The van der Waals surface area contributed by atoms with E-state index in [1.165, 1.54) is 22.5 Å². The first-order chi connectivity index (χ1) is 8.93. The summed E-state index contributed by atoms with van der Waals surface area (Å²) in [5, 5.41) is 0. The lowest BCUT2D eigenvalue weighted by atomic mass is 10.2. The summed E-state index contributed by atoms with van der Waals surface area (Å²) in [4.78, 5) is 0.0314. The first-order valence-electron chi connectivity index (χ1n) is 6.70. The number of rotatable bonds is 7. The Balaban J connectivity index is 3.11. The average Bonchev–Trinajstić information content (AvgIpc) is 2.38. The van der Waals surface area contributed by atoms with Gasteiger partial charge in [0.05, 0.1) is 4.90 Å². The average molecular weight is 287 g/mol. The van der Waals surface area contributed by atoms with Crippen molar-refractivity contribution in [1.29, 1.82) is 0 Å². The molecule has 0 bridgehead atoms. The summed E-state index contributed by atoms with van der Waals surface area (Å²) in [6.45, 7) is 6.32. The van der Waals surface area contributed by atoms with Crippen molar-refractivity contribution < 1.29 is 12.8 Å². The van der Waals surface area contributed by atoms with Crippen LogP contribution in [0.2, 0.25) is 0 Å². The molecule has 0 saturated carbocycles. The molecule has 5 heteroatoms. The summed E-state index contributed by atoms with van der Waals surface area (Å²) in [5.41, 5.74) is 0. The molecular formula is C14H22FNO2S. The van der Waals surface area contributed by atoms with Crippen LogP contribution in [0.3, 0.4) is 0 Å². The number of nitrogens with zero attached hydrogens (tertiary/aromatic N) is 1. The number of hydrogen-bond acceptors (Lipinski definition) is 2. The van der Waals surface area contributed by atoms with Gasteiger partial charge in [-0.1, -0.05) is 26.3 Å². The van der Waals surface area contributed by atoms with Crippen molar-refractivity contribution >= 4 is 10.0 Å². The predicted octanol–water partition coefficient (Wildman–Crippen LogP) is 3.42. The molecular weight excluding hydrogens is 265 g/mol. The van der Waals surface area contributed by atoms with E-state index in [0.29, 0.717) is 6.54 Å². The second-order valence-corrected chi connectivity index (χ2v) is 6.57. The molecule has 0 saturated heterocycles. The molecule has 0 radical (unpaired) electrons. The van der Waals surface area contributed by atoms with Gasteiger partial charge in [-0.25, -0.2) is 12.8 Å². The van der Waals surface area contributed by atoms with Gasteiger partial charge in [-0.15, -0.1) is 0 Å². The van der Waals surface area contributed by atoms with Crippen molar-refractivity contribution in [2.75, 3.05) is 6.54 Å². The second-order valence-electron chi connectivity index (χ2n) is 4.68. The molecule has 1 rings (SSSR count). The molecule has 0 amide bonds. The van der Waals surface area contributed by atoms with Crippen LogP contribution in [-0.2, 0) is 10.0 Å². The molecule has 0 heterocycles. The lowest BCUT2D eigenvalue weighted by Gasteiger charge is -2.27. The zero-order valence-corrected chi connectivity index (χ0v) is 12.6. The number of hydrogen-bond donors (Lipinski definition) is 0. The van der Waals surface area contributed by atoms with Crippen molar-refractivity contribution in [2.45, 2.75) is 51.0 Å². The molecule has 0 fully saturated rings. The highest BCUT2D eigenvalue weighted by Crippen LogP contribution is 2.21. The largest absolute Gasteiger partial charge is 0.243 e. The fourth-order valence-electron chi connectivity index (χ4n) is 1.86. The van der Waals surface area contributed by atoms with E-state index < -0.39 is 15.8 Å². The fourth-order valence-corrected chi connectivity index (χ4v) is 3.63. The molecule has 1 aromatic rings. The molecule has 108 valence electrons. The topological polar surface area (TPSA) is 37.4 Å². The molecule has 0 aliphatic heterocycles. The highest BCUT2D eigenvalue weighted by Gasteiger charge is 2.27. The molecule has 0 aliphatic rings. The van der Waals surface area contributed by atoms with Gasteiger partial charge in [0.2, 0.25) is 10.0 Å². The van der Waals surface area contributed by atoms with Gasteiger partial charge in [-0.2, -0.15) is 4.31 Å². The molecule has 1 unspecified atom stereocenters. The minimum absolute atomic E-state index is 0.0314. The van der Waals surface area contributed by atoms with E-state index in [9.17, 15) is 12.8 Å². The third-order valence-corrected chi connectivity index (χ3v) is 5.23. The maximum absolute atomic E-state index is 13.2. The standard InChI is InChI=1S/C14H22FNO2S/c1-4-6-10-16(12(3)5-2)19(17,18)14-9-7-8-13(15)11-14/h7-9,11-12H,4-6,10H2,1-3H3. The van der Waals surface area contributed by atoms with E-state index >= 15 is 0 Å². The normalized spacial score (nSPS) is 13.7. The first-order valence-corrected chi connectivity index (χ1v) is 8.14. The Hall–Kier alpha value is -0.940. The van der Waals surface area contributed by atoms with Crippen LogP contribution in [0.15, 0.2) is 29.2 Å². The number of unbranched alkanes of at least 4 members (excludes halogenated alkanes) is 1. The number of sulfonamides is 1. The molecule has 1 atom stereocenters. The van der Waals surface area contributed by atoms with Gasteiger partial charge in [-0.3, -0.25) is 0 Å². The van der Waals surface area contributed by atoms with Gasteiger partial charge in [-0.05, 0) is 38.0 Å². The van der Waals surface area contributed by atoms with Gasteiger partial charge in [0.25, 0.3) is 0 Å². The summed E-state index contributed by atoms with van der Waals surface area (Å²) in [7, 11) is -3.61. The summed E-state index contributed by atoms with van der Waals surface area (Å²) >= 11 is 0. The number of benzene rings is 1. The lowest BCUT2D eigenvalue weighted by Crippen LogP contribution is -2.39. The predicted molar refractivity (Wildman–Crippen MR) is 75.0 cm³/mol. The van der Waals surface area contributed by atoms with Crippen LogP contribution in [0.5, 0.6) is 0 Å². The smallest absolute Gasteiger partial charge is 0.207 e. The van der Waals surface area contributed by atoms with E-state index in [2.05, 4.69) is 0 Å². The van der Waals surface area contributed by atoms with Crippen LogP contribution in [0.4, 0.5) is 4.39 Å². The van der Waals surface area contributed by atoms with Gasteiger partial charge in [0.15, 0.2) is 0 Å². The van der Waals surface area contributed by atoms with Crippen LogP contribution >= 0.6 is 0 Å². The van der Waals surface area contributed by atoms with Gasteiger partial charge >= 0.3 is 0 Å². The van der Waals surface area contributed by atoms with Crippen molar-refractivity contribution in [3.63, 3.8) is 0 Å². The van der Waals surface area contributed by atoms with Gasteiger partial charge < -0.3 is 0 Å². The zero-order chi connectivity index (χ0) is 14.5. The number of halogens is 1. The third kappa shape index (κ3) is 4.01. The second kappa shape index (κ2) is 7.01. The molecule has 0 aliphatic carbocycles. The monoisotopic (exact) mass is 287 g/mol. The molecule has 3 nitrogen and oxygen atoms in total. The minimum Gasteiger partial charge on any atom is -0.207 e. The maximum atomic E-state index is 13.2. The minimum atomic E-state index is -3.61. The van der Waals surface area contributed by atoms with Crippen molar-refractivity contribution in [3.05, 3.63) is 30.1 Å². The molecule has 0 N–H and O–H groups in total. The molecule has 19 heavy (non-hydrogen) atoms. The van der Waals surface area contributed by atoms with E-state index in [1.54, 1.807) is 0 Å². The molecule has 0 aromatic heterocycles. The van der Waals surface area contributed by atoms with Crippen LogP contribution in [0.1, 0.15) is 40.0 Å². The van der Waals surface area contributed by atoms with E-state index in [4.69, 9.17) is 0 Å². The summed E-state index contributed by atoms with van der Waals surface area (Å²) in [6.07, 6.45) is 2.46. The van der Waals surface area contributed by atoms with Crippen LogP contribution in [0, 0.1) is 5.82 Å². The van der Waals surface area contributed by atoms with Crippen molar-refractivity contribution in [3.8, 4) is 0 Å². The Morgan fingerprint density at radius 3 is 2.53 bits per heavy atom. The fraction of sp³-hybridized carbons (Fsp3) is 0.571. The van der Waals surface area contributed by atoms with Crippen LogP contribution in [-0.4, -0.2) is 25.3 Å². The Bertz CT molecular complexity index is 502. The van der Waals surface area contributed by atoms with E-state index in [1.807, 2.05) is 20.8 Å². The summed E-state index contributed by atoms with van der Waals surface area (Å²) in [5.74, 6) is -0.527.